The quantitative estimate of drug-likeness (QED) is 0.793. The largest absolute Gasteiger partial charge is 0.396 e. The summed E-state index contributed by atoms with van der Waals surface area (Å²) in [5.41, 5.74) is 3.14. The highest BCUT2D eigenvalue weighted by Crippen LogP contribution is 2.28. The summed E-state index contributed by atoms with van der Waals surface area (Å²) in [7, 11) is 0. The summed E-state index contributed by atoms with van der Waals surface area (Å²) in [6.07, 6.45) is 3.00. The minimum absolute atomic E-state index is 0.282. The van der Waals surface area contributed by atoms with Crippen molar-refractivity contribution in [1.82, 2.24) is 4.98 Å². The maximum atomic E-state index is 8.76. The van der Waals surface area contributed by atoms with Crippen LogP contribution >= 0.6 is 15.9 Å². The lowest BCUT2D eigenvalue weighted by Gasteiger charge is -2.11. The number of aromatic nitrogens is 1. The average molecular weight is 323 g/mol. The van der Waals surface area contributed by atoms with Crippen LogP contribution in [0.4, 0.5) is 5.69 Å². The Morgan fingerprint density at radius 2 is 2.11 bits per heavy atom. The molecule has 0 spiro atoms. The van der Waals surface area contributed by atoms with Crippen molar-refractivity contribution in [3.63, 3.8) is 0 Å². The Hall–Kier alpha value is -1.13. The molecule has 0 aliphatic rings. The lowest BCUT2D eigenvalue weighted by atomic mass is 10.1. The number of halogens is 1. The normalized spacial score (nSPS) is 10.9. The Balaban J connectivity index is 2.16. The van der Waals surface area contributed by atoms with E-state index in [1.54, 1.807) is 0 Å². The van der Waals surface area contributed by atoms with Gasteiger partial charge in [0.2, 0.25) is 0 Å². The van der Waals surface area contributed by atoms with Crippen LogP contribution < -0.4 is 5.32 Å². The highest BCUT2D eigenvalue weighted by molar-refractivity contribution is 9.10. The van der Waals surface area contributed by atoms with E-state index in [0.29, 0.717) is 0 Å². The van der Waals surface area contributed by atoms with Gasteiger partial charge in [-0.05, 0) is 54.2 Å². The number of para-hydroxylation sites is 1. The predicted octanol–water partition coefficient (Wildman–Crippen LogP) is 3.88. The number of benzene rings is 1. The monoisotopic (exact) mass is 322 g/mol. The van der Waals surface area contributed by atoms with Crippen molar-refractivity contribution in [1.29, 1.82) is 0 Å². The zero-order valence-electron chi connectivity index (χ0n) is 11.1. The molecule has 2 aromatic rings. The maximum absolute atomic E-state index is 8.76. The highest BCUT2D eigenvalue weighted by atomic mass is 79.9. The molecule has 0 saturated carbocycles. The van der Waals surface area contributed by atoms with Crippen molar-refractivity contribution < 1.29 is 5.11 Å². The first-order valence-electron chi connectivity index (χ1n) is 6.63. The summed E-state index contributed by atoms with van der Waals surface area (Å²) in [4.78, 5) is 4.57. The predicted molar refractivity (Wildman–Crippen MR) is 83.6 cm³/mol. The van der Waals surface area contributed by atoms with E-state index in [0.717, 1.165) is 52.6 Å². The van der Waals surface area contributed by atoms with Crippen LogP contribution in [-0.4, -0.2) is 23.2 Å². The van der Waals surface area contributed by atoms with E-state index >= 15 is 0 Å². The number of pyridine rings is 1. The topological polar surface area (TPSA) is 45.1 Å². The van der Waals surface area contributed by atoms with Crippen molar-refractivity contribution in [2.45, 2.75) is 26.2 Å². The van der Waals surface area contributed by atoms with Gasteiger partial charge in [0.25, 0.3) is 0 Å². The summed E-state index contributed by atoms with van der Waals surface area (Å²) in [5, 5.41) is 13.4. The highest BCUT2D eigenvalue weighted by Gasteiger charge is 2.06. The van der Waals surface area contributed by atoms with Crippen LogP contribution in [0.3, 0.4) is 0 Å². The summed E-state index contributed by atoms with van der Waals surface area (Å²) in [6, 6.07) is 8.21. The number of aliphatic hydroxyl groups excluding tert-OH is 1. The van der Waals surface area contributed by atoms with E-state index in [1.807, 2.05) is 19.1 Å². The molecule has 0 unspecified atom stereocenters. The minimum atomic E-state index is 0.282. The molecule has 0 aliphatic heterocycles. The smallest absolute Gasteiger partial charge is 0.0867 e. The molecular weight excluding hydrogens is 304 g/mol. The van der Waals surface area contributed by atoms with Crippen LogP contribution in [0, 0.1) is 6.92 Å². The lowest BCUT2D eigenvalue weighted by Crippen LogP contribution is -2.03. The fraction of sp³-hybridized carbons (Fsp3) is 0.400. The summed E-state index contributed by atoms with van der Waals surface area (Å²) in [6.45, 7) is 3.21. The standard InChI is InChI=1S/C15H19BrN2O/c1-11-10-14(17-8-3-2-4-9-19)12-6-5-7-13(16)15(12)18-11/h5-7,10,19H,2-4,8-9H2,1H3,(H,17,18). The van der Waals surface area contributed by atoms with Crippen molar-refractivity contribution >= 4 is 32.5 Å². The van der Waals surface area contributed by atoms with Crippen LogP contribution in [-0.2, 0) is 0 Å². The van der Waals surface area contributed by atoms with Gasteiger partial charge in [0, 0.05) is 34.4 Å². The summed E-state index contributed by atoms with van der Waals surface area (Å²) < 4.78 is 1.03. The van der Waals surface area contributed by atoms with E-state index in [9.17, 15) is 0 Å². The molecule has 0 aliphatic carbocycles. The second-order valence-corrected chi connectivity index (χ2v) is 5.51. The number of fused-ring (bicyclic) bond motifs is 1. The van der Waals surface area contributed by atoms with Gasteiger partial charge in [-0.2, -0.15) is 0 Å². The SMILES string of the molecule is Cc1cc(NCCCCCO)c2cccc(Br)c2n1. The number of aryl methyl sites for hydroxylation is 1. The van der Waals surface area contributed by atoms with Crippen molar-refractivity contribution in [3.8, 4) is 0 Å². The number of aliphatic hydroxyl groups is 1. The van der Waals surface area contributed by atoms with Gasteiger partial charge in [-0.1, -0.05) is 12.1 Å². The van der Waals surface area contributed by atoms with E-state index in [1.165, 1.54) is 0 Å². The molecule has 2 N–H and O–H groups in total. The number of unbranched alkanes of at least 4 members (excludes halogenated alkanes) is 2. The zero-order valence-corrected chi connectivity index (χ0v) is 12.7. The van der Waals surface area contributed by atoms with Crippen molar-refractivity contribution in [2.24, 2.45) is 0 Å². The minimum Gasteiger partial charge on any atom is -0.396 e. The molecule has 0 atom stereocenters. The molecule has 3 nitrogen and oxygen atoms in total. The van der Waals surface area contributed by atoms with Crippen molar-refractivity contribution in [3.05, 3.63) is 34.4 Å². The molecule has 0 amide bonds. The third-order valence-electron chi connectivity index (χ3n) is 3.07. The Morgan fingerprint density at radius 3 is 2.89 bits per heavy atom. The first-order valence-corrected chi connectivity index (χ1v) is 7.42. The fourth-order valence-electron chi connectivity index (χ4n) is 2.12. The molecule has 0 saturated heterocycles. The van der Waals surface area contributed by atoms with E-state index in [-0.39, 0.29) is 6.61 Å². The lowest BCUT2D eigenvalue weighted by molar-refractivity contribution is 0.283. The van der Waals surface area contributed by atoms with Gasteiger partial charge < -0.3 is 10.4 Å². The Labute approximate surface area is 122 Å². The molecule has 4 heteroatoms. The van der Waals surface area contributed by atoms with Gasteiger partial charge in [0.1, 0.15) is 0 Å². The molecule has 2 rings (SSSR count). The molecule has 0 fully saturated rings. The van der Waals surface area contributed by atoms with E-state index in [4.69, 9.17) is 5.11 Å². The van der Waals surface area contributed by atoms with Crippen molar-refractivity contribution in [2.75, 3.05) is 18.5 Å². The number of hydrogen-bond acceptors (Lipinski definition) is 3. The van der Waals surface area contributed by atoms with Crippen LogP contribution in [0.15, 0.2) is 28.7 Å². The zero-order chi connectivity index (χ0) is 13.7. The number of hydrogen-bond donors (Lipinski definition) is 2. The van der Waals surface area contributed by atoms with Gasteiger partial charge in [0.15, 0.2) is 0 Å². The van der Waals surface area contributed by atoms with Crippen LogP contribution in [0.25, 0.3) is 10.9 Å². The van der Waals surface area contributed by atoms with Crippen LogP contribution in [0.5, 0.6) is 0 Å². The molecule has 0 radical (unpaired) electrons. The molecule has 19 heavy (non-hydrogen) atoms. The van der Waals surface area contributed by atoms with E-state index < -0.39 is 0 Å². The average Bonchev–Trinajstić information content (AvgIpc) is 2.39. The Bertz CT molecular complexity index is 557. The molecule has 1 heterocycles. The number of nitrogens with one attached hydrogen (secondary N) is 1. The van der Waals surface area contributed by atoms with Gasteiger partial charge in [-0.25, -0.2) is 0 Å². The summed E-state index contributed by atoms with van der Waals surface area (Å²) in [5.74, 6) is 0. The van der Waals surface area contributed by atoms with Crippen LogP contribution in [0.2, 0.25) is 0 Å². The maximum Gasteiger partial charge on any atom is 0.0867 e. The first kappa shape index (κ1) is 14.3. The second kappa shape index (κ2) is 6.87. The third kappa shape index (κ3) is 3.67. The number of rotatable bonds is 6. The molecule has 1 aromatic heterocycles. The molecule has 0 bridgehead atoms. The second-order valence-electron chi connectivity index (χ2n) is 4.66. The Morgan fingerprint density at radius 1 is 1.26 bits per heavy atom. The molecule has 1 aromatic carbocycles. The molecule has 102 valence electrons. The number of nitrogens with zero attached hydrogens (tertiary/aromatic N) is 1. The van der Waals surface area contributed by atoms with Gasteiger partial charge >= 0.3 is 0 Å². The fourth-order valence-corrected chi connectivity index (χ4v) is 2.58. The summed E-state index contributed by atoms with van der Waals surface area (Å²) >= 11 is 3.55. The Kier molecular flexibility index (Phi) is 5.16. The first-order chi connectivity index (χ1) is 9.22. The van der Waals surface area contributed by atoms with Crippen LogP contribution in [0.1, 0.15) is 25.0 Å². The number of anilines is 1. The third-order valence-corrected chi connectivity index (χ3v) is 3.71. The van der Waals surface area contributed by atoms with Gasteiger partial charge in [-0.3, -0.25) is 4.98 Å². The van der Waals surface area contributed by atoms with Gasteiger partial charge in [0.05, 0.1) is 5.52 Å². The van der Waals surface area contributed by atoms with E-state index in [2.05, 4.69) is 38.4 Å². The van der Waals surface area contributed by atoms with Gasteiger partial charge in [-0.15, -0.1) is 0 Å². The molecular formula is C15H19BrN2O.